The summed E-state index contributed by atoms with van der Waals surface area (Å²) in [5.41, 5.74) is 2.29. The zero-order chi connectivity index (χ0) is 13.5. The molecular formula is C15H20N4O. The molecular weight excluding hydrogens is 252 g/mol. The van der Waals surface area contributed by atoms with E-state index in [1.807, 2.05) is 6.20 Å². The van der Waals surface area contributed by atoms with Crippen LogP contribution in [0.5, 0.6) is 0 Å². The minimum atomic E-state index is 0.124. The molecule has 2 fully saturated rings. The number of urea groups is 1. The number of rotatable bonds is 1. The molecule has 20 heavy (non-hydrogen) atoms. The van der Waals surface area contributed by atoms with Crippen molar-refractivity contribution in [2.24, 2.45) is 0 Å². The van der Waals surface area contributed by atoms with Gasteiger partial charge in [0.2, 0.25) is 0 Å². The lowest BCUT2D eigenvalue weighted by atomic mass is 10.00. The second kappa shape index (κ2) is 4.72. The Bertz CT molecular complexity index is 526. The van der Waals surface area contributed by atoms with E-state index in [0.29, 0.717) is 12.1 Å². The Morgan fingerprint density at radius 1 is 1.25 bits per heavy atom. The van der Waals surface area contributed by atoms with E-state index >= 15 is 0 Å². The molecule has 0 spiro atoms. The first kappa shape index (κ1) is 12.1. The Morgan fingerprint density at radius 3 is 2.95 bits per heavy atom. The van der Waals surface area contributed by atoms with Gasteiger partial charge in [0.1, 0.15) is 6.33 Å². The van der Waals surface area contributed by atoms with Gasteiger partial charge in [-0.25, -0.2) is 14.8 Å². The van der Waals surface area contributed by atoms with Crippen molar-refractivity contribution in [3.05, 3.63) is 23.8 Å². The van der Waals surface area contributed by atoms with Crippen LogP contribution in [-0.4, -0.2) is 33.0 Å². The molecule has 1 aliphatic carbocycles. The average Bonchev–Trinajstić information content (AvgIpc) is 3.06. The molecule has 5 nitrogen and oxygen atoms in total. The largest absolute Gasteiger partial charge is 0.335 e. The quantitative estimate of drug-likeness (QED) is 0.852. The number of carbonyl (C=O) groups excluding carboxylic acids is 1. The number of hydrogen-bond acceptors (Lipinski definition) is 3. The van der Waals surface area contributed by atoms with Crippen molar-refractivity contribution in [1.29, 1.82) is 0 Å². The predicted molar refractivity (Wildman–Crippen MR) is 74.1 cm³/mol. The molecule has 1 N–H and O–H groups in total. The standard InChI is InChI=1S/C15H20N4O/c20-15(18-10-3-1-2-4-10)19-11-5-6-14(19)12-8-16-9-17-13(12)7-11/h8-11,14H,1-7H2,(H,18,20). The van der Waals surface area contributed by atoms with Crippen molar-refractivity contribution < 1.29 is 4.79 Å². The maximum atomic E-state index is 12.6. The van der Waals surface area contributed by atoms with Gasteiger partial charge in [-0.15, -0.1) is 0 Å². The highest BCUT2D eigenvalue weighted by molar-refractivity contribution is 5.76. The Kier molecular flexibility index (Phi) is 2.86. The number of amides is 2. The van der Waals surface area contributed by atoms with E-state index in [1.54, 1.807) is 6.33 Å². The average molecular weight is 272 g/mol. The van der Waals surface area contributed by atoms with Gasteiger partial charge >= 0.3 is 6.03 Å². The van der Waals surface area contributed by atoms with E-state index in [9.17, 15) is 4.79 Å². The zero-order valence-electron chi connectivity index (χ0n) is 11.6. The van der Waals surface area contributed by atoms with Crippen LogP contribution in [0.4, 0.5) is 4.79 Å². The number of carbonyl (C=O) groups is 1. The Labute approximate surface area is 118 Å². The number of nitrogens with zero attached hydrogens (tertiary/aromatic N) is 3. The molecule has 4 rings (SSSR count). The van der Waals surface area contributed by atoms with Crippen molar-refractivity contribution in [3.8, 4) is 0 Å². The Morgan fingerprint density at radius 2 is 2.10 bits per heavy atom. The Balaban J connectivity index is 1.56. The minimum Gasteiger partial charge on any atom is -0.335 e. The zero-order valence-corrected chi connectivity index (χ0v) is 11.6. The van der Waals surface area contributed by atoms with Crippen molar-refractivity contribution in [2.75, 3.05) is 0 Å². The first-order valence-electron chi connectivity index (χ1n) is 7.70. The van der Waals surface area contributed by atoms with Crippen molar-refractivity contribution in [3.63, 3.8) is 0 Å². The van der Waals surface area contributed by atoms with E-state index in [4.69, 9.17) is 0 Å². The number of fused-ring (bicyclic) bond motifs is 4. The van der Waals surface area contributed by atoms with Crippen molar-refractivity contribution in [1.82, 2.24) is 20.2 Å². The van der Waals surface area contributed by atoms with Crippen LogP contribution in [0.2, 0.25) is 0 Å². The van der Waals surface area contributed by atoms with Crippen molar-refractivity contribution in [2.45, 2.75) is 63.1 Å². The second-order valence-corrected chi connectivity index (χ2v) is 6.21. The third-order valence-corrected chi connectivity index (χ3v) is 5.03. The van der Waals surface area contributed by atoms with Gasteiger partial charge in [-0.05, 0) is 25.7 Å². The molecule has 3 heterocycles. The summed E-state index contributed by atoms with van der Waals surface area (Å²) >= 11 is 0. The summed E-state index contributed by atoms with van der Waals surface area (Å²) in [6, 6.07) is 1.02. The van der Waals surface area contributed by atoms with Crippen LogP contribution in [0.1, 0.15) is 55.8 Å². The molecule has 1 saturated heterocycles. The van der Waals surface area contributed by atoms with Crippen LogP contribution in [0.25, 0.3) is 0 Å². The van der Waals surface area contributed by atoms with Gasteiger partial charge in [0, 0.05) is 30.3 Å². The summed E-state index contributed by atoms with van der Waals surface area (Å²) in [6.07, 6.45) is 11.3. The monoisotopic (exact) mass is 272 g/mol. The summed E-state index contributed by atoms with van der Waals surface area (Å²) in [4.78, 5) is 23.2. The van der Waals surface area contributed by atoms with E-state index in [0.717, 1.165) is 43.4 Å². The van der Waals surface area contributed by atoms with E-state index in [1.165, 1.54) is 12.8 Å². The van der Waals surface area contributed by atoms with Crippen LogP contribution < -0.4 is 5.32 Å². The molecule has 2 amide bonds. The van der Waals surface area contributed by atoms with Gasteiger partial charge in [-0.2, -0.15) is 0 Å². The fraction of sp³-hybridized carbons (Fsp3) is 0.667. The van der Waals surface area contributed by atoms with Crippen molar-refractivity contribution >= 4 is 6.03 Å². The summed E-state index contributed by atoms with van der Waals surface area (Å²) in [5, 5.41) is 3.23. The number of hydrogen-bond donors (Lipinski definition) is 1. The van der Waals surface area contributed by atoms with Crippen LogP contribution in [-0.2, 0) is 6.42 Å². The summed E-state index contributed by atoms with van der Waals surface area (Å²) < 4.78 is 0. The molecule has 2 atom stereocenters. The summed E-state index contributed by atoms with van der Waals surface area (Å²) in [7, 11) is 0. The SMILES string of the molecule is O=C(NC1CCCC1)N1C2CCC1c1cncnc1C2. The molecule has 5 heteroatoms. The molecule has 3 aliphatic rings. The molecule has 106 valence electrons. The molecule has 1 aromatic rings. The molecule has 2 aliphatic heterocycles. The normalized spacial score (nSPS) is 28.5. The third-order valence-electron chi connectivity index (χ3n) is 5.03. The fourth-order valence-electron chi connectivity index (χ4n) is 4.05. The highest BCUT2D eigenvalue weighted by Gasteiger charge is 2.43. The predicted octanol–water partition coefficient (Wildman–Crippen LogP) is 2.19. The number of aromatic nitrogens is 2. The lowest BCUT2D eigenvalue weighted by Crippen LogP contribution is -2.49. The van der Waals surface area contributed by atoms with Crippen LogP contribution in [0.15, 0.2) is 12.5 Å². The minimum absolute atomic E-state index is 0.124. The van der Waals surface area contributed by atoms with Crippen LogP contribution in [0, 0.1) is 0 Å². The molecule has 2 bridgehead atoms. The van der Waals surface area contributed by atoms with E-state index in [2.05, 4.69) is 20.2 Å². The maximum Gasteiger partial charge on any atom is 0.318 e. The van der Waals surface area contributed by atoms with E-state index < -0.39 is 0 Å². The van der Waals surface area contributed by atoms with Crippen LogP contribution >= 0.6 is 0 Å². The van der Waals surface area contributed by atoms with Gasteiger partial charge in [0.15, 0.2) is 0 Å². The second-order valence-electron chi connectivity index (χ2n) is 6.21. The van der Waals surface area contributed by atoms with E-state index in [-0.39, 0.29) is 12.1 Å². The number of nitrogens with one attached hydrogen (secondary N) is 1. The van der Waals surface area contributed by atoms with Gasteiger partial charge in [-0.1, -0.05) is 12.8 Å². The fourth-order valence-corrected chi connectivity index (χ4v) is 4.05. The third kappa shape index (κ3) is 1.87. The smallest absolute Gasteiger partial charge is 0.318 e. The van der Waals surface area contributed by atoms with Gasteiger partial charge < -0.3 is 10.2 Å². The Hall–Kier alpha value is -1.65. The maximum absolute atomic E-state index is 12.6. The highest BCUT2D eigenvalue weighted by Crippen LogP contribution is 2.42. The summed E-state index contributed by atoms with van der Waals surface area (Å²) in [6.45, 7) is 0. The van der Waals surface area contributed by atoms with Gasteiger partial charge in [0.05, 0.1) is 11.7 Å². The summed E-state index contributed by atoms with van der Waals surface area (Å²) in [5.74, 6) is 0. The highest BCUT2D eigenvalue weighted by atomic mass is 16.2. The molecule has 1 saturated carbocycles. The van der Waals surface area contributed by atoms with Gasteiger partial charge in [-0.3, -0.25) is 0 Å². The van der Waals surface area contributed by atoms with Crippen LogP contribution in [0.3, 0.4) is 0 Å². The lowest BCUT2D eigenvalue weighted by molar-refractivity contribution is 0.161. The topological polar surface area (TPSA) is 58.1 Å². The first-order valence-corrected chi connectivity index (χ1v) is 7.70. The lowest BCUT2D eigenvalue weighted by Gasteiger charge is -2.36. The first-order chi connectivity index (χ1) is 9.83. The molecule has 2 unspecified atom stereocenters. The molecule has 0 radical (unpaired) electrons. The molecule has 0 aromatic carbocycles. The molecule has 1 aromatic heterocycles. The van der Waals surface area contributed by atoms with Gasteiger partial charge in [0.25, 0.3) is 0 Å².